The van der Waals surface area contributed by atoms with Crippen LogP contribution in [0, 0.1) is 0 Å². The Kier molecular flexibility index (Phi) is 4.31. The highest BCUT2D eigenvalue weighted by Gasteiger charge is 2.24. The van der Waals surface area contributed by atoms with Crippen LogP contribution >= 0.6 is 11.6 Å². The molecular formula is C12H14ClN3O4. The summed E-state index contributed by atoms with van der Waals surface area (Å²) in [5, 5.41) is 4.18. The van der Waals surface area contributed by atoms with Crippen LogP contribution in [0.3, 0.4) is 0 Å². The molecular weight excluding hydrogens is 286 g/mol. The molecule has 108 valence electrons. The van der Waals surface area contributed by atoms with Crippen LogP contribution in [0.1, 0.15) is 5.89 Å². The first kappa shape index (κ1) is 14.4. The molecule has 20 heavy (non-hydrogen) atoms. The van der Waals surface area contributed by atoms with E-state index in [1.54, 1.807) is 6.07 Å². The molecule has 0 bridgehead atoms. The van der Waals surface area contributed by atoms with Crippen LogP contribution in [0.25, 0.3) is 11.4 Å². The Hall–Kier alpha value is -1.99. The van der Waals surface area contributed by atoms with Crippen LogP contribution in [-0.2, 0) is 6.54 Å². The number of benzene rings is 1. The number of rotatable bonds is 5. The third-order valence-corrected chi connectivity index (χ3v) is 2.95. The zero-order valence-corrected chi connectivity index (χ0v) is 12.0. The highest BCUT2D eigenvalue weighted by Crippen LogP contribution is 2.47. The summed E-state index contributed by atoms with van der Waals surface area (Å²) in [5.41, 5.74) is 5.90. The number of hydrogen-bond donors (Lipinski definition) is 1. The largest absolute Gasteiger partial charge is 0.493 e. The molecule has 1 heterocycles. The van der Waals surface area contributed by atoms with Crippen molar-refractivity contribution in [3.05, 3.63) is 17.0 Å². The van der Waals surface area contributed by atoms with Crippen LogP contribution < -0.4 is 19.9 Å². The molecule has 0 aliphatic heterocycles. The van der Waals surface area contributed by atoms with Crippen molar-refractivity contribution in [2.75, 3.05) is 21.3 Å². The van der Waals surface area contributed by atoms with Crippen LogP contribution in [0.5, 0.6) is 17.2 Å². The Balaban J connectivity index is 2.68. The monoisotopic (exact) mass is 299 g/mol. The van der Waals surface area contributed by atoms with E-state index in [4.69, 9.17) is 36.1 Å². The van der Waals surface area contributed by atoms with E-state index in [0.29, 0.717) is 33.7 Å². The van der Waals surface area contributed by atoms with Gasteiger partial charge in [-0.05, 0) is 0 Å². The van der Waals surface area contributed by atoms with E-state index in [-0.39, 0.29) is 12.4 Å². The zero-order valence-electron chi connectivity index (χ0n) is 11.3. The predicted molar refractivity (Wildman–Crippen MR) is 72.3 cm³/mol. The molecule has 2 rings (SSSR count). The third kappa shape index (κ3) is 2.37. The van der Waals surface area contributed by atoms with Crippen molar-refractivity contribution < 1.29 is 18.7 Å². The molecule has 0 saturated carbocycles. The van der Waals surface area contributed by atoms with Crippen LogP contribution in [0.15, 0.2) is 10.6 Å². The van der Waals surface area contributed by atoms with E-state index in [1.807, 2.05) is 0 Å². The number of aromatic nitrogens is 2. The van der Waals surface area contributed by atoms with Gasteiger partial charge in [0, 0.05) is 6.07 Å². The van der Waals surface area contributed by atoms with Gasteiger partial charge < -0.3 is 24.5 Å². The van der Waals surface area contributed by atoms with Crippen molar-refractivity contribution >= 4 is 11.6 Å². The SMILES string of the molecule is COc1cc(Cl)c(-c2noc(CN)n2)c(OC)c1OC. The van der Waals surface area contributed by atoms with Crippen molar-refractivity contribution in [3.63, 3.8) is 0 Å². The van der Waals surface area contributed by atoms with E-state index in [1.165, 1.54) is 21.3 Å². The highest BCUT2D eigenvalue weighted by atomic mass is 35.5. The third-order valence-electron chi connectivity index (χ3n) is 2.65. The summed E-state index contributed by atoms with van der Waals surface area (Å²) in [5.74, 6) is 1.77. The van der Waals surface area contributed by atoms with Gasteiger partial charge in [0.15, 0.2) is 11.5 Å². The Morgan fingerprint density at radius 1 is 1.20 bits per heavy atom. The zero-order chi connectivity index (χ0) is 14.7. The van der Waals surface area contributed by atoms with Gasteiger partial charge in [0.25, 0.3) is 0 Å². The lowest BCUT2D eigenvalue weighted by Gasteiger charge is -2.15. The average Bonchev–Trinajstić information content (AvgIpc) is 2.94. The van der Waals surface area contributed by atoms with E-state index in [2.05, 4.69) is 10.1 Å². The molecule has 1 aromatic carbocycles. The number of methoxy groups -OCH3 is 3. The lowest BCUT2D eigenvalue weighted by atomic mass is 10.1. The number of ether oxygens (including phenoxy) is 3. The fourth-order valence-corrected chi connectivity index (χ4v) is 2.04. The minimum atomic E-state index is 0.139. The van der Waals surface area contributed by atoms with E-state index < -0.39 is 0 Å². The molecule has 7 nitrogen and oxygen atoms in total. The standard InChI is InChI=1S/C12H14ClN3O4/c1-17-7-4-6(13)9(11(19-3)10(7)18-2)12-15-8(5-14)20-16-12/h4H,5,14H2,1-3H3. The fourth-order valence-electron chi connectivity index (χ4n) is 1.77. The summed E-state index contributed by atoms with van der Waals surface area (Å²) in [7, 11) is 4.49. The number of halogens is 1. The molecule has 2 aromatic rings. The average molecular weight is 300 g/mol. The van der Waals surface area contributed by atoms with E-state index >= 15 is 0 Å². The maximum absolute atomic E-state index is 6.24. The molecule has 0 aliphatic rings. The van der Waals surface area contributed by atoms with Gasteiger partial charge in [-0.1, -0.05) is 16.8 Å². The van der Waals surface area contributed by atoms with Crippen molar-refractivity contribution in [2.45, 2.75) is 6.54 Å². The van der Waals surface area contributed by atoms with Crippen molar-refractivity contribution in [2.24, 2.45) is 5.73 Å². The molecule has 0 radical (unpaired) electrons. The van der Waals surface area contributed by atoms with Gasteiger partial charge in [-0.2, -0.15) is 4.98 Å². The van der Waals surface area contributed by atoms with Gasteiger partial charge in [-0.15, -0.1) is 0 Å². The minimum absolute atomic E-state index is 0.139. The summed E-state index contributed by atoms with van der Waals surface area (Å²) >= 11 is 6.24. The van der Waals surface area contributed by atoms with Crippen molar-refractivity contribution in [3.8, 4) is 28.6 Å². The van der Waals surface area contributed by atoms with Crippen LogP contribution in [-0.4, -0.2) is 31.5 Å². The molecule has 2 N–H and O–H groups in total. The summed E-state index contributed by atoms with van der Waals surface area (Å²) in [6, 6.07) is 1.59. The fraction of sp³-hybridized carbons (Fsp3) is 0.333. The minimum Gasteiger partial charge on any atom is -0.493 e. The summed E-state index contributed by atoms with van der Waals surface area (Å²) in [6.45, 7) is 0.139. The Morgan fingerprint density at radius 2 is 1.90 bits per heavy atom. The van der Waals surface area contributed by atoms with Gasteiger partial charge >= 0.3 is 0 Å². The second-order valence-electron chi connectivity index (χ2n) is 3.72. The Morgan fingerprint density at radius 3 is 2.40 bits per heavy atom. The number of nitrogens with two attached hydrogens (primary N) is 1. The first-order valence-electron chi connectivity index (χ1n) is 5.67. The topological polar surface area (TPSA) is 92.6 Å². The highest BCUT2D eigenvalue weighted by molar-refractivity contribution is 6.33. The van der Waals surface area contributed by atoms with Gasteiger partial charge in [0.1, 0.15) is 0 Å². The van der Waals surface area contributed by atoms with Gasteiger partial charge in [-0.3, -0.25) is 0 Å². The quantitative estimate of drug-likeness (QED) is 0.901. The lowest BCUT2D eigenvalue weighted by Crippen LogP contribution is -1.99. The van der Waals surface area contributed by atoms with Gasteiger partial charge in [0.05, 0.1) is 38.5 Å². The van der Waals surface area contributed by atoms with Crippen LogP contribution in [0.2, 0.25) is 5.02 Å². The van der Waals surface area contributed by atoms with Gasteiger partial charge in [-0.25, -0.2) is 0 Å². The molecule has 8 heteroatoms. The Bertz CT molecular complexity index is 615. The van der Waals surface area contributed by atoms with E-state index in [9.17, 15) is 0 Å². The molecule has 0 spiro atoms. The molecule has 0 saturated heterocycles. The molecule has 0 amide bonds. The molecule has 1 aromatic heterocycles. The van der Waals surface area contributed by atoms with Crippen LogP contribution in [0.4, 0.5) is 0 Å². The summed E-state index contributed by atoms with van der Waals surface area (Å²) < 4.78 is 20.8. The number of hydrogen-bond acceptors (Lipinski definition) is 7. The second-order valence-corrected chi connectivity index (χ2v) is 4.13. The van der Waals surface area contributed by atoms with Crippen molar-refractivity contribution in [1.82, 2.24) is 10.1 Å². The lowest BCUT2D eigenvalue weighted by molar-refractivity contribution is 0.325. The summed E-state index contributed by atoms with van der Waals surface area (Å²) in [6.07, 6.45) is 0. The Labute approximate surface area is 120 Å². The first-order chi connectivity index (χ1) is 9.65. The predicted octanol–water partition coefficient (Wildman–Crippen LogP) is 1.87. The summed E-state index contributed by atoms with van der Waals surface area (Å²) in [4.78, 5) is 4.14. The molecule has 0 atom stereocenters. The number of nitrogens with zero attached hydrogens (tertiary/aromatic N) is 2. The normalized spacial score (nSPS) is 10.4. The molecule has 0 aliphatic carbocycles. The maximum Gasteiger partial charge on any atom is 0.240 e. The maximum atomic E-state index is 6.24. The molecule has 0 unspecified atom stereocenters. The molecule has 0 fully saturated rings. The van der Waals surface area contributed by atoms with Crippen molar-refractivity contribution in [1.29, 1.82) is 0 Å². The first-order valence-corrected chi connectivity index (χ1v) is 6.05. The van der Waals surface area contributed by atoms with E-state index in [0.717, 1.165) is 0 Å². The second kappa shape index (κ2) is 5.98. The smallest absolute Gasteiger partial charge is 0.240 e. The van der Waals surface area contributed by atoms with Gasteiger partial charge in [0.2, 0.25) is 17.5 Å².